The third kappa shape index (κ3) is 2.94. The Balaban J connectivity index is 1.85. The smallest absolute Gasteiger partial charge is 0.424 e. The van der Waals surface area contributed by atoms with Gasteiger partial charge in [0.15, 0.2) is 11.5 Å². The number of nitrogens with zero attached hydrogens (tertiary/aromatic N) is 1. The van der Waals surface area contributed by atoms with E-state index in [9.17, 15) is 18.0 Å². The summed E-state index contributed by atoms with van der Waals surface area (Å²) in [6.45, 7) is 2.18. The minimum Gasteiger partial charge on any atom is -0.424 e. The highest BCUT2D eigenvalue weighted by atomic mass is 35.5. The second-order valence-corrected chi connectivity index (χ2v) is 6.31. The molecule has 1 fully saturated rings. The molecule has 2 amide bonds. The van der Waals surface area contributed by atoms with Gasteiger partial charge in [-0.2, -0.15) is 13.2 Å². The number of hydrogen-bond acceptors (Lipinski definition) is 3. The third-order valence-corrected chi connectivity index (χ3v) is 4.36. The van der Waals surface area contributed by atoms with Gasteiger partial charge in [0.2, 0.25) is 0 Å². The molecule has 0 bridgehead atoms. The summed E-state index contributed by atoms with van der Waals surface area (Å²) in [5.41, 5.74) is 0. The van der Waals surface area contributed by atoms with E-state index in [0.717, 1.165) is 19.3 Å². The fraction of sp³-hybridized carbons (Fsp3) is 0.533. The quantitative estimate of drug-likeness (QED) is 0.822. The summed E-state index contributed by atoms with van der Waals surface area (Å²) in [4.78, 5) is 13.7. The summed E-state index contributed by atoms with van der Waals surface area (Å²) in [5, 5.41) is 2.07. The Morgan fingerprint density at radius 2 is 2.04 bits per heavy atom. The Morgan fingerprint density at radius 3 is 2.71 bits per heavy atom. The van der Waals surface area contributed by atoms with Gasteiger partial charge < -0.3 is 14.4 Å². The number of alkyl halides is 3. The number of amides is 2. The standard InChI is InChI=1S/C15H16ClF3N2O3/c1-9-4-2-3-7-21(9)13(22)20-15(14(17,18)19)23-11-6-5-10(16)8-12(11)24-15/h5-6,8-9H,2-4,7H2,1H3,(H,20,22)/t9-,15-/m1/s1. The van der Waals surface area contributed by atoms with Crippen LogP contribution in [0.5, 0.6) is 11.5 Å². The minimum atomic E-state index is -4.98. The van der Waals surface area contributed by atoms with Crippen LogP contribution in [0.25, 0.3) is 0 Å². The molecule has 2 aliphatic rings. The lowest BCUT2D eigenvalue weighted by molar-refractivity contribution is -0.318. The zero-order valence-corrected chi connectivity index (χ0v) is 13.6. The highest BCUT2D eigenvalue weighted by Crippen LogP contribution is 2.46. The summed E-state index contributed by atoms with van der Waals surface area (Å²) < 4.78 is 50.7. The molecule has 0 unspecified atom stereocenters. The van der Waals surface area contributed by atoms with E-state index >= 15 is 0 Å². The van der Waals surface area contributed by atoms with Crippen molar-refractivity contribution < 1.29 is 27.4 Å². The van der Waals surface area contributed by atoms with E-state index in [1.54, 1.807) is 6.92 Å². The van der Waals surface area contributed by atoms with Gasteiger partial charge in [-0.25, -0.2) is 4.79 Å². The van der Waals surface area contributed by atoms with Crippen molar-refractivity contribution in [3.63, 3.8) is 0 Å². The number of nitrogens with one attached hydrogen (secondary N) is 1. The molecule has 2 heterocycles. The van der Waals surface area contributed by atoms with Crippen molar-refractivity contribution >= 4 is 17.6 Å². The molecule has 2 atom stereocenters. The molecule has 5 nitrogen and oxygen atoms in total. The van der Waals surface area contributed by atoms with Crippen molar-refractivity contribution in [1.82, 2.24) is 10.2 Å². The van der Waals surface area contributed by atoms with E-state index in [-0.39, 0.29) is 22.6 Å². The number of piperidine rings is 1. The van der Waals surface area contributed by atoms with Gasteiger partial charge in [0, 0.05) is 23.7 Å². The van der Waals surface area contributed by atoms with Crippen molar-refractivity contribution in [3.8, 4) is 11.5 Å². The monoisotopic (exact) mass is 364 g/mol. The van der Waals surface area contributed by atoms with Gasteiger partial charge in [-0.3, -0.25) is 5.32 Å². The number of likely N-dealkylation sites (tertiary alicyclic amines) is 1. The molecule has 132 valence electrons. The van der Waals surface area contributed by atoms with E-state index < -0.39 is 18.1 Å². The van der Waals surface area contributed by atoms with Gasteiger partial charge in [-0.05, 0) is 38.3 Å². The van der Waals surface area contributed by atoms with Crippen molar-refractivity contribution in [2.24, 2.45) is 0 Å². The summed E-state index contributed by atoms with van der Waals surface area (Å²) >= 11 is 5.76. The molecular weight excluding hydrogens is 349 g/mol. The number of carbonyl (C=O) groups is 1. The number of hydrogen-bond donors (Lipinski definition) is 1. The third-order valence-electron chi connectivity index (χ3n) is 4.12. The number of ether oxygens (including phenoxy) is 2. The number of rotatable bonds is 1. The molecule has 0 aromatic heterocycles. The van der Waals surface area contributed by atoms with E-state index in [1.165, 1.54) is 23.1 Å². The molecule has 0 saturated carbocycles. The average Bonchev–Trinajstić information content (AvgIpc) is 2.85. The number of fused-ring (bicyclic) bond motifs is 1. The predicted octanol–water partition coefficient (Wildman–Crippen LogP) is 3.91. The molecule has 0 spiro atoms. The second kappa shape index (κ2) is 5.91. The van der Waals surface area contributed by atoms with Crippen LogP contribution in [0.4, 0.5) is 18.0 Å². The van der Waals surface area contributed by atoms with Crippen molar-refractivity contribution in [2.45, 2.75) is 44.3 Å². The average molecular weight is 365 g/mol. The van der Waals surface area contributed by atoms with Gasteiger partial charge in [-0.15, -0.1) is 0 Å². The predicted molar refractivity (Wildman–Crippen MR) is 80.0 cm³/mol. The maximum atomic E-state index is 13.6. The maximum absolute atomic E-state index is 13.6. The summed E-state index contributed by atoms with van der Waals surface area (Å²) in [5.74, 6) is -3.57. The van der Waals surface area contributed by atoms with Crippen molar-refractivity contribution in [1.29, 1.82) is 0 Å². The Hall–Kier alpha value is -1.83. The van der Waals surface area contributed by atoms with Gasteiger partial charge >= 0.3 is 18.1 Å². The van der Waals surface area contributed by atoms with Crippen LogP contribution in [0.1, 0.15) is 26.2 Å². The van der Waals surface area contributed by atoms with Crippen LogP contribution in [-0.4, -0.2) is 35.6 Å². The lowest BCUT2D eigenvalue weighted by Gasteiger charge is -2.37. The number of benzene rings is 1. The second-order valence-electron chi connectivity index (χ2n) is 5.88. The van der Waals surface area contributed by atoms with Crippen LogP contribution in [0.15, 0.2) is 18.2 Å². The summed E-state index contributed by atoms with van der Waals surface area (Å²) in [6, 6.07) is 2.83. The highest BCUT2D eigenvalue weighted by molar-refractivity contribution is 6.30. The zero-order valence-electron chi connectivity index (χ0n) is 12.8. The normalized spacial score (nSPS) is 26.4. The van der Waals surface area contributed by atoms with Crippen LogP contribution in [0.3, 0.4) is 0 Å². The molecule has 2 aliphatic heterocycles. The molecular formula is C15H16ClF3N2O3. The molecule has 1 aromatic rings. The molecule has 1 saturated heterocycles. The molecule has 0 radical (unpaired) electrons. The van der Waals surface area contributed by atoms with Gasteiger partial charge in [-0.1, -0.05) is 11.6 Å². The van der Waals surface area contributed by atoms with Crippen LogP contribution >= 0.6 is 11.6 Å². The first-order valence-corrected chi connectivity index (χ1v) is 7.93. The molecule has 0 aliphatic carbocycles. The lowest BCUT2D eigenvalue weighted by Crippen LogP contribution is -2.67. The highest BCUT2D eigenvalue weighted by Gasteiger charge is 2.66. The Morgan fingerprint density at radius 1 is 1.33 bits per heavy atom. The van der Waals surface area contributed by atoms with Crippen molar-refractivity contribution in [3.05, 3.63) is 23.2 Å². The Kier molecular flexibility index (Phi) is 4.19. The van der Waals surface area contributed by atoms with E-state index in [4.69, 9.17) is 21.1 Å². The largest absolute Gasteiger partial charge is 0.492 e. The van der Waals surface area contributed by atoms with E-state index in [1.807, 2.05) is 5.32 Å². The van der Waals surface area contributed by atoms with Gasteiger partial charge in [0.25, 0.3) is 0 Å². The van der Waals surface area contributed by atoms with Crippen LogP contribution < -0.4 is 14.8 Å². The molecule has 3 rings (SSSR count). The molecule has 9 heteroatoms. The van der Waals surface area contributed by atoms with E-state index in [0.29, 0.717) is 6.54 Å². The first-order valence-electron chi connectivity index (χ1n) is 7.55. The van der Waals surface area contributed by atoms with Gasteiger partial charge in [0.05, 0.1) is 0 Å². The fourth-order valence-electron chi connectivity index (χ4n) is 2.83. The maximum Gasteiger partial charge on any atom is 0.492 e. The van der Waals surface area contributed by atoms with Crippen LogP contribution in [0, 0.1) is 0 Å². The summed E-state index contributed by atoms with van der Waals surface area (Å²) in [7, 11) is 0. The summed E-state index contributed by atoms with van der Waals surface area (Å²) in [6.07, 6.45) is -2.56. The number of halogens is 4. The van der Waals surface area contributed by atoms with Crippen LogP contribution in [0.2, 0.25) is 5.02 Å². The molecule has 1 N–H and O–H groups in total. The molecule has 24 heavy (non-hydrogen) atoms. The Bertz CT molecular complexity index is 655. The number of carbonyl (C=O) groups excluding carboxylic acids is 1. The zero-order chi connectivity index (χ0) is 17.5. The SMILES string of the molecule is C[C@@H]1CCCCN1C(=O)N[C@]1(C(F)(F)F)Oc2ccc(Cl)cc2O1. The minimum absolute atomic E-state index is 0.135. The lowest BCUT2D eigenvalue weighted by atomic mass is 10.0. The first-order chi connectivity index (χ1) is 11.2. The topological polar surface area (TPSA) is 50.8 Å². The Labute approximate surface area is 141 Å². The fourth-order valence-corrected chi connectivity index (χ4v) is 2.99. The van der Waals surface area contributed by atoms with E-state index in [2.05, 4.69) is 0 Å². The molecule has 1 aromatic carbocycles. The van der Waals surface area contributed by atoms with Crippen molar-refractivity contribution in [2.75, 3.05) is 6.54 Å². The van der Waals surface area contributed by atoms with Gasteiger partial charge in [0.1, 0.15) is 0 Å². The number of urea groups is 1. The first kappa shape index (κ1) is 17.0. The van der Waals surface area contributed by atoms with Crippen LogP contribution in [-0.2, 0) is 0 Å².